The van der Waals surface area contributed by atoms with Crippen molar-refractivity contribution < 1.29 is 8.42 Å². The summed E-state index contributed by atoms with van der Waals surface area (Å²) in [6.45, 7) is 7.06. The molecule has 1 rings (SSSR count). The van der Waals surface area contributed by atoms with Crippen LogP contribution in [-0.4, -0.2) is 57.5 Å². The zero-order chi connectivity index (χ0) is 12.6. The summed E-state index contributed by atoms with van der Waals surface area (Å²) in [4.78, 5) is 2.48. The van der Waals surface area contributed by atoms with Crippen molar-refractivity contribution in [3.05, 3.63) is 0 Å². The summed E-state index contributed by atoms with van der Waals surface area (Å²) >= 11 is 0. The molecule has 4 nitrogen and oxygen atoms in total. The van der Waals surface area contributed by atoms with E-state index in [0.717, 1.165) is 25.9 Å². The van der Waals surface area contributed by atoms with E-state index in [4.69, 9.17) is 0 Å². The maximum absolute atomic E-state index is 11.4. The molecule has 0 saturated carbocycles. The van der Waals surface area contributed by atoms with Crippen LogP contribution in [0.15, 0.2) is 0 Å². The quantitative estimate of drug-likeness (QED) is 0.627. The number of likely N-dealkylation sites (tertiary alicyclic amines) is 1. The smallest absolute Gasteiger partial charge is 0.151 e. The lowest BCUT2D eigenvalue weighted by Gasteiger charge is -2.14. The third-order valence-corrected chi connectivity index (χ3v) is 4.99. The summed E-state index contributed by atoms with van der Waals surface area (Å²) in [6.07, 6.45) is 4.51. The van der Waals surface area contributed by atoms with Gasteiger partial charge in [-0.25, -0.2) is 8.42 Å². The second-order valence-electron chi connectivity index (χ2n) is 4.80. The predicted octanol–water partition coefficient (Wildman–Crippen LogP) is 0.887. The molecule has 0 aliphatic carbocycles. The van der Waals surface area contributed by atoms with Gasteiger partial charge in [0, 0.05) is 12.3 Å². The summed E-state index contributed by atoms with van der Waals surface area (Å²) in [7, 11) is -2.81. The average Bonchev–Trinajstić information content (AvgIpc) is 2.76. The molecule has 0 aromatic heterocycles. The van der Waals surface area contributed by atoms with Crippen molar-refractivity contribution in [2.45, 2.75) is 32.6 Å². The van der Waals surface area contributed by atoms with E-state index in [0.29, 0.717) is 12.3 Å². The van der Waals surface area contributed by atoms with Crippen molar-refractivity contribution in [3.63, 3.8) is 0 Å². The van der Waals surface area contributed by atoms with Crippen molar-refractivity contribution in [1.82, 2.24) is 10.2 Å². The zero-order valence-electron chi connectivity index (χ0n) is 11.0. The Morgan fingerprint density at radius 3 is 2.47 bits per heavy atom. The molecule has 0 radical (unpaired) electrons. The molecule has 0 aromatic carbocycles. The third-order valence-electron chi connectivity index (χ3n) is 3.13. The van der Waals surface area contributed by atoms with E-state index in [-0.39, 0.29) is 5.75 Å². The van der Waals surface area contributed by atoms with E-state index in [2.05, 4.69) is 10.2 Å². The first-order chi connectivity index (χ1) is 8.14. The van der Waals surface area contributed by atoms with Gasteiger partial charge in [-0.3, -0.25) is 0 Å². The van der Waals surface area contributed by atoms with Crippen LogP contribution in [0.3, 0.4) is 0 Å². The Labute approximate surface area is 106 Å². The normalized spacial score (nSPS) is 17.7. The minimum Gasteiger partial charge on any atom is -0.316 e. The summed E-state index contributed by atoms with van der Waals surface area (Å²) in [5, 5.41) is 3.22. The molecule has 0 spiro atoms. The highest BCUT2D eigenvalue weighted by atomic mass is 32.2. The maximum Gasteiger partial charge on any atom is 0.151 e. The molecule has 0 amide bonds. The third kappa shape index (κ3) is 7.01. The van der Waals surface area contributed by atoms with Crippen LogP contribution in [0, 0.1) is 0 Å². The molecule has 17 heavy (non-hydrogen) atoms. The standard InChI is InChI=1S/C12H26N2O2S/c1-2-11-17(15,16)12-7-13-6-5-10-14-8-3-4-9-14/h13H,2-12H2,1H3. The van der Waals surface area contributed by atoms with Crippen LogP contribution in [0.2, 0.25) is 0 Å². The van der Waals surface area contributed by atoms with E-state index in [1.165, 1.54) is 25.9 Å². The first kappa shape index (κ1) is 14.9. The fraction of sp³-hybridized carbons (Fsp3) is 1.00. The molecular weight excluding hydrogens is 236 g/mol. The van der Waals surface area contributed by atoms with Crippen molar-refractivity contribution in [3.8, 4) is 0 Å². The van der Waals surface area contributed by atoms with Gasteiger partial charge in [0.15, 0.2) is 9.84 Å². The largest absolute Gasteiger partial charge is 0.316 e. The molecule has 1 fully saturated rings. The molecule has 1 saturated heterocycles. The minimum absolute atomic E-state index is 0.282. The van der Waals surface area contributed by atoms with E-state index >= 15 is 0 Å². The average molecular weight is 262 g/mol. The predicted molar refractivity (Wildman–Crippen MR) is 72.1 cm³/mol. The fourth-order valence-electron chi connectivity index (χ4n) is 2.20. The molecule has 1 aliphatic heterocycles. The molecule has 1 N–H and O–H groups in total. The van der Waals surface area contributed by atoms with E-state index in [1.54, 1.807) is 0 Å². The van der Waals surface area contributed by atoms with Gasteiger partial charge in [-0.15, -0.1) is 0 Å². The summed E-state index contributed by atoms with van der Waals surface area (Å²) in [5.74, 6) is 0.604. The van der Waals surface area contributed by atoms with Crippen LogP contribution in [0.5, 0.6) is 0 Å². The Hall–Kier alpha value is -0.130. The lowest BCUT2D eigenvalue weighted by Crippen LogP contribution is -2.28. The Bertz CT molecular complexity index is 285. The molecule has 0 bridgehead atoms. The summed E-state index contributed by atoms with van der Waals surface area (Å²) in [5.41, 5.74) is 0. The zero-order valence-corrected chi connectivity index (χ0v) is 11.8. The van der Waals surface area contributed by atoms with Crippen LogP contribution >= 0.6 is 0 Å². The molecular formula is C12H26N2O2S. The first-order valence-electron chi connectivity index (χ1n) is 6.77. The van der Waals surface area contributed by atoms with Gasteiger partial charge in [0.05, 0.1) is 5.75 Å². The molecule has 0 atom stereocenters. The lowest BCUT2D eigenvalue weighted by molar-refractivity contribution is 0.331. The highest BCUT2D eigenvalue weighted by Gasteiger charge is 2.10. The second kappa shape index (κ2) is 8.06. The van der Waals surface area contributed by atoms with Gasteiger partial charge in [0.25, 0.3) is 0 Å². The number of rotatable bonds is 9. The SMILES string of the molecule is CCCS(=O)(=O)CCNCCCN1CCCC1. The Balaban J connectivity index is 1.93. The van der Waals surface area contributed by atoms with Crippen molar-refractivity contribution in [2.24, 2.45) is 0 Å². The summed E-state index contributed by atoms with van der Waals surface area (Å²) in [6, 6.07) is 0. The second-order valence-corrected chi connectivity index (χ2v) is 7.11. The van der Waals surface area contributed by atoms with Gasteiger partial charge in [0.2, 0.25) is 0 Å². The Kier molecular flexibility index (Phi) is 7.08. The number of sulfone groups is 1. The van der Waals surface area contributed by atoms with Crippen LogP contribution < -0.4 is 5.32 Å². The van der Waals surface area contributed by atoms with E-state index < -0.39 is 9.84 Å². The van der Waals surface area contributed by atoms with Crippen molar-refractivity contribution >= 4 is 9.84 Å². The molecule has 5 heteroatoms. The number of hydrogen-bond donors (Lipinski definition) is 1. The van der Waals surface area contributed by atoms with Crippen molar-refractivity contribution in [1.29, 1.82) is 0 Å². The molecule has 1 heterocycles. The highest BCUT2D eigenvalue weighted by molar-refractivity contribution is 7.91. The first-order valence-corrected chi connectivity index (χ1v) is 8.59. The van der Waals surface area contributed by atoms with E-state index in [9.17, 15) is 8.42 Å². The topological polar surface area (TPSA) is 49.4 Å². The van der Waals surface area contributed by atoms with Gasteiger partial charge in [-0.2, -0.15) is 0 Å². The van der Waals surface area contributed by atoms with Crippen LogP contribution in [0.1, 0.15) is 32.6 Å². The van der Waals surface area contributed by atoms with Gasteiger partial charge in [0.1, 0.15) is 0 Å². The maximum atomic E-state index is 11.4. The molecule has 0 aromatic rings. The van der Waals surface area contributed by atoms with Crippen LogP contribution in [0.25, 0.3) is 0 Å². The van der Waals surface area contributed by atoms with Crippen molar-refractivity contribution in [2.75, 3.05) is 44.2 Å². The van der Waals surface area contributed by atoms with Gasteiger partial charge in [-0.1, -0.05) is 6.92 Å². The number of nitrogens with one attached hydrogen (secondary N) is 1. The van der Waals surface area contributed by atoms with Crippen LogP contribution in [-0.2, 0) is 9.84 Å². The lowest BCUT2D eigenvalue weighted by atomic mass is 10.4. The number of nitrogens with zero attached hydrogens (tertiary/aromatic N) is 1. The monoisotopic (exact) mass is 262 g/mol. The minimum atomic E-state index is -2.81. The van der Waals surface area contributed by atoms with Gasteiger partial charge >= 0.3 is 0 Å². The van der Waals surface area contributed by atoms with Gasteiger partial charge < -0.3 is 10.2 Å². The highest BCUT2D eigenvalue weighted by Crippen LogP contribution is 2.06. The van der Waals surface area contributed by atoms with E-state index in [1.807, 2.05) is 6.92 Å². The molecule has 1 aliphatic rings. The fourth-order valence-corrected chi connectivity index (χ4v) is 3.48. The summed E-state index contributed by atoms with van der Waals surface area (Å²) < 4.78 is 22.8. The molecule has 0 unspecified atom stereocenters. The van der Waals surface area contributed by atoms with Gasteiger partial charge in [-0.05, 0) is 51.9 Å². The molecule has 102 valence electrons. The number of hydrogen-bond acceptors (Lipinski definition) is 4. The Morgan fingerprint density at radius 1 is 1.12 bits per heavy atom. The van der Waals surface area contributed by atoms with Crippen LogP contribution in [0.4, 0.5) is 0 Å². The Morgan fingerprint density at radius 2 is 1.82 bits per heavy atom.